The molecule has 0 radical (unpaired) electrons. The Kier molecular flexibility index (Phi) is 6.22. The lowest BCUT2D eigenvalue weighted by molar-refractivity contribution is 0.252. The lowest BCUT2D eigenvalue weighted by Gasteiger charge is -2.09. The number of aromatic nitrogens is 4. The average molecular weight is 417 g/mol. The van der Waals surface area contributed by atoms with Gasteiger partial charge in [0.25, 0.3) is 0 Å². The van der Waals surface area contributed by atoms with Crippen molar-refractivity contribution in [2.24, 2.45) is 0 Å². The van der Waals surface area contributed by atoms with Gasteiger partial charge in [0.05, 0.1) is 6.54 Å². The Morgan fingerprint density at radius 3 is 2.74 bits per heavy atom. The topological polar surface area (TPSA) is 105 Å². The average Bonchev–Trinajstić information content (AvgIpc) is 3.10. The van der Waals surface area contributed by atoms with Crippen LogP contribution in [0, 0.1) is 0 Å². The molecule has 0 bridgehead atoms. The van der Waals surface area contributed by atoms with Gasteiger partial charge in [0.2, 0.25) is 0 Å². The third-order valence-corrected chi connectivity index (χ3v) is 4.62. The largest absolute Gasteiger partial charge is 0.370 e. The summed E-state index contributed by atoms with van der Waals surface area (Å²) in [5.41, 5.74) is 1.91. The van der Waals surface area contributed by atoms with Crippen LogP contribution in [-0.4, -0.2) is 38.3 Å². The Hall–Kier alpha value is -4.14. The zero-order valence-electron chi connectivity index (χ0n) is 16.9. The summed E-state index contributed by atoms with van der Waals surface area (Å²) in [6, 6.07) is 18.2. The molecule has 3 N–H and O–H groups in total. The third-order valence-electron chi connectivity index (χ3n) is 4.62. The maximum Gasteiger partial charge on any atom is 0.350 e. The smallest absolute Gasteiger partial charge is 0.350 e. The third kappa shape index (κ3) is 5.27. The summed E-state index contributed by atoms with van der Waals surface area (Å²) in [5, 5.41) is 13.2. The fourth-order valence-corrected chi connectivity index (χ4v) is 3.14. The molecule has 2 amide bonds. The SMILES string of the molecule is O=C(NCCCNc1ccccn1)Nc1cccc(Cn2nc3ccccn3c2=O)c1. The molecule has 0 saturated heterocycles. The van der Waals surface area contributed by atoms with Crippen LogP contribution in [0.5, 0.6) is 0 Å². The van der Waals surface area contributed by atoms with Crippen LogP contribution in [0.4, 0.5) is 16.3 Å². The molecule has 0 aliphatic heterocycles. The Labute approximate surface area is 178 Å². The molecule has 0 aliphatic rings. The fourth-order valence-electron chi connectivity index (χ4n) is 3.14. The van der Waals surface area contributed by atoms with Crippen LogP contribution < -0.4 is 21.6 Å². The van der Waals surface area contributed by atoms with Crippen molar-refractivity contribution in [3.8, 4) is 0 Å². The summed E-state index contributed by atoms with van der Waals surface area (Å²) in [6.07, 6.45) is 4.18. The number of urea groups is 1. The first-order valence-corrected chi connectivity index (χ1v) is 10.0. The first-order valence-electron chi connectivity index (χ1n) is 10.0. The Balaban J connectivity index is 1.27. The van der Waals surface area contributed by atoms with Crippen LogP contribution in [0.25, 0.3) is 5.65 Å². The molecule has 3 aromatic heterocycles. The Morgan fingerprint density at radius 1 is 1.00 bits per heavy atom. The predicted octanol–water partition coefficient (Wildman–Crippen LogP) is 2.56. The minimum absolute atomic E-state index is 0.203. The second-order valence-corrected chi connectivity index (χ2v) is 6.95. The van der Waals surface area contributed by atoms with E-state index in [1.165, 1.54) is 9.08 Å². The summed E-state index contributed by atoms with van der Waals surface area (Å²) < 4.78 is 2.90. The van der Waals surface area contributed by atoms with Crippen molar-refractivity contribution in [2.45, 2.75) is 13.0 Å². The second-order valence-electron chi connectivity index (χ2n) is 6.95. The summed E-state index contributed by atoms with van der Waals surface area (Å²) in [7, 11) is 0. The van der Waals surface area contributed by atoms with Crippen molar-refractivity contribution in [3.63, 3.8) is 0 Å². The van der Waals surface area contributed by atoms with Crippen molar-refractivity contribution in [2.75, 3.05) is 23.7 Å². The minimum Gasteiger partial charge on any atom is -0.370 e. The van der Waals surface area contributed by atoms with E-state index < -0.39 is 0 Å². The molecule has 158 valence electrons. The van der Waals surface area contributed by atoms with Gasteiger partial charge in [0, 0.05) is 31.2 Å². The molecule has 0 unspecified atom stereocenters. The van der Waals surface area contributed by atoms with Crippen LogP contribution in [0.3, 0.4) is 0 Å². The maximum atomic E-state index is 12.4. The van der Waals surface area contributed by atoms with Crippen LogP contribution in [0.1, 0.15) is 12.0 Å². The molecule has 1 aromatic carbocycles. The molecule has 9 nitrogen and oxygen atoms in total. The molecular formula is C22H23N7O2. The fraction of sp³-hybridized carbons (Fsp3) is 0.182. The molecule has 9 heteroatoms. The van der Waals surface area contributed by atoms with E-state index >= 15 is 0 Å². The number of rotatable bonds is 8. The monoisotopic (exact) mass is 417 g/mol. The van der Waals surface area contributed by atoms with E-state index in [1.54, 1.807) is 30.6 Å². The maximum absolute atomic E-state index is 12.4. The van der Waals surface area contributed by atoms with Gasteiger partial charge in [0.1, 0.15) is 5.82 Å². The van der Waals surface area contributed by atoms with Gasteiger partial charge >= 0.3 is 11.7 Å². The second kappa shape index (κ2) is 9.57. The summed E-state index contributed by atoms with van der Waals surface area (Å²) >= 11 is 0. The van der Waals surface area contributed by atoms with E-state index in [0.717, 1.165) is 17.8 Å². The van der Waals surface area contributed by atoms with Crippen molar-refractivity contribution in [1.82, 2.24) is 24.5 Å². The predicted molar refractivity (Wildman–Crippen MR) is 119 cm³/mol. The molecule has 0 spiro atoms. The van der Waals surface area contributed by atoms with Crippen LogP contribution in [0.2, 0.25) is 0 Å². The molecule has 0 saturated carbocycles. The van der Waals surface area contributed by atoms with Crippen LogP contribution in [-0.2, 0) is 6.54 Å². The Bertz CT molecular complexity index is 1220. The van der Waals surface area contributed by atoms with Gasteiger partial charge in [-0.25, -0.2) is 19.3 Å². The minimum atomic E-state index is -0.278. The lowest BCUT2D eigenvalue weighted by atomic mass is 10.2. The number of hydrogen-bond donors (Lipinski definition) is 3. The van der Waals surface area contributed by atoms with Gasteiger partial charge in [-0.2, -0.15) is 0 Å². The number of hydrogen-bond acceptors (Lipinski definition) is 5. The molecule has 4 rings (SSSR count). The standard InChI is InChI=1S/C22H23N7O2/c30-21(25-13-6-12-24-19-9-1-3-11-23-19)26-18-8-5-7-17(15-18)16-29-22(31)28-14-4-2-10-20(28)27-29/h1-5,7-11,14-15H,6,12-13,16H2,(H,23,24)(H2,25,26,30). The van der Waals surface area contributed by atoms with Gasteiger partial charge in [-0.15, -0.1) is 5.10 Å². The van der Waals surface area contributed by atoms with E-state index in [2.05, 4.69) is 26.0 Å². The molecule has 0 aliphatic carbocycles. The number of nitrogens with one attached hydrogen (secondary N) is 3. The number of anilines is 2. The van der Waals surface area contributed by atoms with E-state index in [1.807, 2.05) is 42.5 Å². The van der Waals surface area contributed by atoms with E-state index in [9.17, 15) is 9.59 Å². The highest BCUT2D eigenvalue weighted by molar-refractivity contribution is 5.89. The number of amides is 2. The van der Waals surface area contributed by atoms with Gasteiger partial charge in [0.15, 0.2) is 5.65 Å². The molecule has 4 aromatic rings. The number of fused-ring (bicyclic) bond motifs is 1. The van der Waals surface area contributed by atoms with Crippen LogP contribution in [0.15, 0.2) is 77.9 Å². The summed E-state index contributed by atoms with van der Waals surface area (Å²) in [6.45, 7) is 1.55. The zero-order valence-corrected chi connectivity index (χ0v) is 16.9. The molecule has 31 heavy (non-hydrogen) atoms. The number of nitrogens with zero attached hydrogens (tertiary/aromatic N) is 4. The molecule has 0 fully saturated rings. The number of carbonyl (C=O) groups excluding carboxylic acids is 1. The number of carbonyl (C=O) groups is 1. The Morgan fingerprint density at radius 2 is 1.90 bits per heavy atom. The van der Waals surface area contributed by atoms with Crippen molar-refractivity contribution in [3.05, 3.63) is 89.1 Å². The van der Waals surface area contributed by atoms with Crippen molar-refractivity contribution in [1.29, 1.82) is 0 Å². The normalized spacial score (nSPS) is 10.7. The number of pyridine rings is 2. The molecule has 3 heterocycles. The first-order chi connectivity index (χ1) is 15.2. The molecular weight excluding hydrogens is 394 g/mol. The van der Waals surface area contributed by atoms with E-state index in [4.69, 9.17) is 0 Å². The molecule has 0 atom stereocenters. The van der Waals surface area contributed by atoms with Crippen molar-refractivity contribution < 1.29 is 4.79 Å². The lowest BCUT2D eigenvalue weighted by Crippen LogP contribution is -2.30. The van der Waals surface area contributed by atoms with E-state index in [-0.39, 0.29) is 11.7 Å². The first kappa shape index (κ1) is 20.1. The summed E-state index contributed by atoms with van der Waals surface area (Å²) in [5.74, 6) is 0.813. The number of benzene rings is 1. The highest BCUT2D eigenvalue weighted by Gasteiger charge is 2.08. The van der Waals surface area contributed by atoms with Gasteiger partial charge < -0.3 is 16.0 Å². The highest BCUT2D eigenvalue weighted by Crippen LogP contribution is 2.11. The van der Waals surface area contributed by atoms with E-state index in [0.29, 0.717) is 31.0 Å². The van der Waals surface area contributed by atoms with Gasteiger partial charge in [-0.1, -0.05) is 24.3 Å². The summed E-state index contributed by atoms with van der Waals surface area (Å²) in [4.78, 5) is 28.8. The van der Waals surface area contributed by atoms with Gasteiger partial charge in [-0.05, 0) is 48.4 Å². The van der Waals surface area contributed by atoms with Gasteiger partial charge in [-0.3, -0.25) is 4.40 Å². The van der Waals surface area contributed by atoms with Crippen molar-refractivity contribution >= 4 is 23.2 Å². The highest BCUT2D eigenvalue weighted by atomic mass is 16.2. The zero-order chi connectivity index (χ0) is 21.5. The quantitative estimate of drug-likeness (QED) is 0.382. The van der Waals surface area contributed by atoms with Crippen LogP contribution >= 0.6 is 0 Å².